The molecular weight excluding hydrogens is 274 g/mol. The summed E-state index contributed by atoms with van der Waals surface area (Å²) >= 11 is 0. The molecule has 110 valence electrons. The van der Waals surface area contributed by atoms with Crippen LogP contribution in [0.15, 0.2) is 36.7 Å². The van der Waals surface area contributed by atoms with Crippen LogP contribution in [0.3, 0.4) is 0 Å². The molecule has 2 aromatic rings. The number of rotatable bonds is 6. The molecule has 0 amide bonds. The number of para-hydroxylation sites is 1. The Morgan fingerprint density at radius 2 is 2.00 bits per heavy atom. The third kappa shape index (κ3) is 4.87. The Morgan fingerprint density at radius 1 is 1.25 bits per heavy atom. The number of phenolic OH excluding ortho intramolecular Hbond substituents is 1. The van der Waals surface area contributed by atoms with E-state index in [-0.39, 0.29) is 12.4 Å². The Kier molecular flexibility index (Phi) is 6.55. The molecule has 0 radical (unpaired) electrons. The quantitative estimate of drug-likeness (QED) is 0.861. The topological polar surface area (TPSA) is 50.1 Å². The van der Waals surface area contributed by atoms with Crippen LogP contribution in [0.5, 0.6) is 5.75 Å². The summed E-state index contributed by atoms with van der Waals surface area (Å²) in [6, 6.07) is 7.38. The van der Waals surface area contributed by atoms with E-state index in [1.807, 2.05) is 29.1 Å². The van der Waals surface area contributed by atoms with Crippen molar-refractivity contribution in [3.05, 3.63) is 47.8 Å². The number of aromatic nitrogens is 2. The lowest BCUT2D eigenvalue weighted by Crippen LogP contribution is -2.12. The molecule has 0 aliphatic rings. The van der Waals surface area contributed by atoms with Crippen molar-refractivity contribution in [2.45, 2.75) is 33.5 Å². The van der Waals surface area contributed by atoms with Crippen molar-refractivity contribution in [1.82, 2.24) is 15.1 Å². The second-order valence-electron chi connectivity index (χ2n) is 5.20. The smallest absolute Gasteiger partial charge is 0.120 e. The highest BCUT2D eigenvalue weighted by molar-refractivity contribution is 5.85. The number of nitrogens with one attached hydrogen (secondary N) is 1. The van der Waals surface area contributed by atoms with E-state index in [4.69, 9.17) is 0 Å². The Morgan fingerprint density at radius 3 is 2.70 bits per heavy atom. The predicted molar refractivity (Wildman–Crippen MR) is 83.0 cm³/mol. The van der Waals surface area contributed by atoms with Crippen LogP contribution in [0.25, 0.3) is 0 Å². The lowest BCUT2D eigenvalue weighted by molar-refractivity contribution is 0.464. The maximum Gasteiger partial charge on any atom is 0.120 e. The number of phenols is 1. The first-order valence-corrected chi connectivity index (χ1v) is 6.64. The van der Waals surface area contributed by atoms with E-state index in [9.17, 15) is 5.11 Å². The van der Waals surface area contributed by atoms with Crippen molar-refractivity contribution < 1.29 is 5.11 Å². The molecule has 0 saturated heterocycles. The summed E-state index contributed by atoms with van der Waals surface area (Å²) < 4.78 is 1.97. The van der Waals surface area contributed by atoms with Gasteiger partial charge in [0, 0.05) is 37.0 Å². The van der Waals surface area contributed by atoms with Gasteiger partial charge in [-0.1, -0.05) is 32.0 Å². The van der Waals surface area contributed by atoms with Crippen LogP contribution in [-0.4, -0.2) is 14.9 Å². The summed E-state index contributed by atoms with van der Waals surface area (Å²) in [6.07, 6.45) is 3.96. The van der Waals surface area contributed by atoms with Gasteiger partial charge in [-0.3, -0.25) is 4.68 Å². The molecule has 5 heteroatoms. The van der Waals surface area contributed by atoms with E-state index in [0.29, 0.717) is 18.2 Å². The highest BCUT2D eigenvalue weighted by Crippen LogP contribution is 2.15. The number of nitrogens with zero attached hydrogens (tertiary/aromatic N) is 2. The largest absolute Gasteiger partial charge is 0.508 e. The van der Waals surface area contributed by atoms with E-state index in [1.165, 1.54) is 0 Å². The molecule has 0 saturated carbocycles. The summed E-state index contributed by atoms with van der Waals surface area (Å²) in [5, 5.41) is 17.3. The zero-order valence-electron chi connectivity index (χ0n) is 11.9. The van der Waals surface area contributed by atoms with Crippen LogP contribution in [-0.2, 0) is 19.6 Å². The highest BCUT2D eigenvalue weighted by Gasteiger charge is 2.02. The van der Waals surface area contributed by atoms with E-state index in [1.54, 1.807) is 6.07 Å². The van der Waals surface area contributed by atoms with Gasteiger partial charge in [-0.15, -0.1) is 12.4 Å². The lowest BCUT2D eigenvalue weighted by Gasteiger charge is -2.05. The van der Waals surface area contributed by atoms with Crippen LogP contribution in [0.1, 0.15) is 25.0 Å². The number of halogens is 1. The first kappa shape index (κ1) is 16.5. The first-order valence-electron chi connectivity index (χ1n) is 6.64. The van der Waals surface area contributed by atoms with Crippen molar-refractivity contribution in [3.63, 3.8) is 0 Å². The Bertz CT molecular complexity index is 525. The highest BCUT2D eigenvalue weighted by atomic mass is 35.5. The minimum Gasteiger partial charge on any atom is -0.508 e. The monoisotopic (exact) mass is 295 g/mol. The minimum absolute atomic E-state index is 0. The first-order chi connectivity index (χ1) is 9.15. The van der Waals surface area contributed by atoms with E-state index >= 15 is 0 Å². The Balaban J connectivity index is 0.00000200. The van der Waals surface area contributed by atoms with Gasteiger partial charge in [-0.2, -0.15) is 5.10 Å². The van der Waals surface area contributed by atoms with Crippen LogP contribution < -0.4 is 5.32 Å². The van der Waals surface area contributed by atoms with Crippen molar-refractivity contribution >= 4 is 12.4 Å². The van der Waals surface area contributed by atoms with Gasteiger partial charge in [0.25, 0.3) is 0 Å². The third-order valence-electron chi connectivity index (χ3n) is 2.88. The summed E-state index contributed by atoms with van der Waals surface area (Å²) in [6.45, 7) is 6.71. The molecule has 1 aromatic heterocycles. The van der Waals surface area contributed by atoms with Gasteiger partial charge < -0.3 is 10.4 Å². The number of aromatic hydroxyl groups is 1. The molecule has 0 fully saturated rings. The second kappa shape index (κ2) is 7.92. The number of hydrogen-bond acceptors (Lipinski definition) is 3. The normalized spacial score (nSPS) is 10.6. The summed E-state index contributed by atoms with van der Waals surface area (Å²) in [4.78, 5) is 0. The minimum atomic E-state index is 0. The fourth-order valence-corrected chi connectivity index (χ4v) is 1.97. The Labute approximate surface area is 126 Å². The van der Waals surface area contributed by atoms with E-state index in [2.05, 4.69) is 30.5 Å². The fourth-order valence-electron chi connectivity index (χ4n) is 1.97. The zero-order valence-corrected chi connectivity index (χ0v) is 12.7. The van der Waals surface area contributed by atoms with Gasteiger partial charge in [0.15, 0.2) is 0 Å². The standard InChI is InChI=1S/C15H21N3O.ClH/c1-12(2)10-18-11-13(8-17-18)7-16-9-14-5-3-4-6-15(14)19;/h3-6,8,11-12,16,19H,7,9-10H2,1-2H3;1H. The zero-order chi connectivity index (χ0) is 13.7. The average molecular weight is 296 g/mol. The molecule has 2 N–H and O–H groups in total. The van der Waals surface area contributed by atoms with Crippen molar-refractivity contribution in [3.8, 4) is 5.75 Å². The van der Waals surface area contributed by atoms with E-state index in [0.717, 1.165) is 24.2 Å². The van der Waals surface area contributed by atoms with Gasteiger partial charge in [-0.25, -0.2) is 0 Å². The maximum atomic E-state index is 9.65. The average Bonchev–Trinajstić information content (AvgIpc) is 2.78. The van der Waals surface area contributed by atoms with Gasteiger partial charge in [0.2, 0.25) is 0 Å². The van der Waals surface area contributed by atoms with Gasteiger partial charge >= 0.3 is 0 Å². The Hall–Kier alpha value is -1.52. The molecule has 4 nitrogen and oxygen atoms in total. The van der Waals surface area contributed by atoms with Crippen LogP contribution in [0.4, 0.5) is 0 Å². The molecule has 2 rings (SSSR count). The SMILES string of the molecule is CC(C)Cn1cc(CNCc2ccccc2O)cn1.Cl. The third-order valence-corrected chi connectivity index (χ3v) is 2.88. The molecule has 0 atom stereocenters. The summed E-state index contributed by atoms with van der Waals surface area (Å²) in [5.41, 5.74) is 2.08. The molecule has 0 unspecified atom stereocenters. The lowest BCUT2D eigenvalue weighted by atomic mass is 10.2. The number of hydrogen-bond donors (Lipinski definition) is 2. The molecule has 20 heavy (non-hydrogen) atoms. The van der Waals surface area contributed by atoms with Gasteiger partial charge in [-0.05, 0) is 12.0 Å². The number of benzene rings is 1. The van der Waals surface area contributed by atoms with Crippen molar-refractivity contribution in [2.24, 2.45) is 5.92 Å². The van der Waals surface area contributed by atoms with Gasteiger partial charge in [0.05, 0.1) is 6.20 Å². The van der Waals surface area contributed by atoms with Crippen molar-refractivity contribution in [1.29, 1.82) is 0 Å². The van der Waals surface area contributed by atoms with Gasteiger partial charge in [0.1, 0.15) is 5.75 Å². The molecule has 0 aliphatic heterocycles. The predicted octanol–water partition coefficient (Wildman–Crippen LogP) is 2.96. The molecule has 1 heterocycles. The van der Waals surface area contributed by atoms with E-state index < -0.39 is 0 Å². The molecule has 1 aromatic carbocycles. The molecule has 0 aliphatic carbocycles. The van der Waals surface area contributed by atoms with Crippen LogP contribution in [0, 0.1) is 5.92 Å². The van der Waals surface area contributed by atoms with Crippen LogP contribution >= 0.6 is 12.4 Å². The second-order valence-corrected chi connectivity index (χ2v) is 5.20. The van der Waals surface area contributed by atoms with Crippen molar-refractivity contribution in [2.75, 3.05) is 0 Å². The summed E-state index contributed by atoms with van der Waals surface area (Å²) in [7, 11) is 0. The molecule has 0 spiro atoms. The molecular formula is C15H22ClN3O. The maximum absolute atomic E-state index is 9.65. The summed E-state index contributed by atoms with van der Waals surface area (Å²) in [5.74, 6) is 0.937. The molecule has 0 bridgehead atoms. The fraction of sp³-hybridized carbons (Fsp3) is 0.400. The van der Waals surface area contributed by atoms with Crippen LogP contribution in [0.2, 0.25) is 0 Å².